The average molecular weight is 188 g/mol. The molecule has 3 N–H and O–H groups in total. The van der Waals surface area contributed by atoms with Crippen molar-refractivity contribution in [1.82, 2.24) is 0 Å². The Balaban J connectivity index is 2.41. The van der Waals surface area contributed by atoms with Crippen LogP contribution < -0.4 is 0 Å². The molecule has 2 atom stereocenters. The number of aliphatic carboxylic acids is 1. The summed E-state index contributed by atoms with van der Waals surface area (Å²) in [6.45, 7) is 0.0556. The first-order chi connectivity index (χ1) is 6.07. The molecule has 0 spiro atoms. The molecule has 13 heavy (non-hydrogen) atoms. The normalized spacial score (nSPS) is 33.5. The van der Waals surface area contributed by atoms with E-state index in [2.05, 4.69) is 0 Å². The molecular weight excluding hydrogens is 172 g/mol. The van der Waals surface area contributed by atoms with Crippen LogP contribution in [0.4, 0.5) is 0 Å². The summed E-state index contributed by atoms with van der Waals surface area (Å²) in [4.78, 5) is 10.6. The van der Waals surface area contributed by atoms with Gasteiger partial charge in [-0.1, -0.05) is 0 Å². The van der Waals surface area contributed by atoms with E-state index in [1.807, 2.05) is 0 Å². The van der Waals surface area contributed by atoms with Crippen molar-refractivity contribution >= 4 is 5.97 Å². The Hall–Kier alpha value is -0.610. The van der Waals surface area contributed by atoms with Crippen LogP contribution in [0.3, 0.4) is 0 Å². The standard InChI is InChI=1S/C9H16O4/c10-5-1-3-9(13)4-2-7(6-9)8(11)12/h7,10,13H,1-6H2,(H,11,12). The van der Waals surface area contributed by atoms with E-state index in [1.165, 1.54) is 0 Å². The minimum Gasteiger partial charge on any atom is -0.481 e. The van der Waals surface area contributed by atoms with Gasteiger partial charge in [-0.05, 0) is 32.1 Å². The van der Waals surface area contributed by atoms with Gasteiger partial charge in [0, 0.05) is 6.61 Å². The third kappa shape index (κ3) is 2.67. The van der Waals surface area contributed by atoms with Crippen molar-refractivity contribution in [3.05, 3.63) is 0 Å². The first-order valence-electron chi connectivity index (χ1n) is 4.63. The summed E-state index contributed by atoms with van der Waals surface area (Å²) in [5, 5.41) is 27.2. The van der Waals surface area contributed by atoms with Gasteiger partial charge in [0.2, 0.25) is 0 Å². The van der Waals surface area contributed by atoms with E-state index in [4.69, 9.17) is 10.2 Å². The molecule has 2 unspecified atom stereocenters. The van der Waals surface area contributed by atoms with E-state index in [1.54, 1.807) is 0 Å². The number of hydrogen-bond acceptors (Lipinski definition) is 3. The number of hydrogen-bond donors (Lipinski definition) is 3. The van der Waals surface area contributed by atoms with Gasteiger partial charge in [-0.25, -0.2) is 0 Å². The molecule has 1 aliphatic carbocycles. The summed E-state index contributed by atoms with van der Waals surface area (Å²) in [5.41, 5.74) is -0.841. The first-order valence-corrected chi connectivity index (χ1v) is 4.63. The van der Waals surface area contributed by atoms with Crippen molar-refractivity contribution in [1.29, 1.82) is 0 Å². The highest BCUT2D eigenvalue weighted by atomic mass is 16.4. The zero-order chi connectivity index (χ0) is 9.90. The highest BCUT2D eigenvalue weighted by Crippen LogP contribution is 2.37. The van der Waals surface area contributed by atoms with E-state index in [9.17, 15) is 9.90 Å². The summed E-state index contributed by atoms with van der Waals surface area (Å²) < 4.78 is 0. The van der Waals surface area contributed by atoms with E-state index in [-0.39, 0.29) is 6.61 Å². The molecule has 0 amide bonds. The minimum absolute atomic E-state index is 0.0556. The monoisotopic (exact) mass is 188 g/mol. The van der Waals surface area contributed by atoms with Crippen molar-refractivity contribution < 1.29 is 20.1 Å². The zero-order valence-corrected chi connectivity index (χ0v) is 7.57. The van der Waals surface area contributed by atoms with Crippen molar-refractivity contribution in [2.45, 2.75) is 37.7 Å². The molecule has 0 radical (unpaired) electrons. The molecule has 1 rings (SSSR count). The highest BCUT2D eigenvalue weighted by Gasteiger charge is 2.39. The van der Waals surface area contributed by atoms with Crippen LogP contribution >= 0.6 is 0 Å². The number of carboxylic acids is 1. The summed E-state index contributed by atoms with van der Waals surface area (Å²) in [6, 6.07) is 0. The second kappa shape index (κ2) is 4.07. The Morgan fingerprint density at radius 2 is 2.23 bits per heavy atom. The topological polar surface area (TPSA) is 77.8 Å². The Labute approximate surface area is 77.2 Å². The lowest BCUT2D eigenvalue weighted by atomic mass is 9.95. The molecule has 1 fully saturated rings. The SMILES string of the molecule is O=C(O)C1CCC(O)(CCCO)C1. The van der Waals surface area contributed by atoms with Crippen LogP contribution in [0.25, 0.3) is 0 Å². The van der Waals surface area contributed by atoms with Crippen LogP contribution in [0.1, 0.15) is 32.1 Å². The van der Waals surface area contributed by atoms with Crippen molar-refractivity contribution in [2.24, 2.45) is 5.92 Å². The predicted octanol–water partition coefficient (Wildman–Crippen LogP) is 0.375. The van der Waals surface area contributed by atoms with Gasteiger partial charge in [0.25, 0.3) is 0 Å². The number of aliphatic hydroxyl groups is 2. The maximum Gasteiger partial charge on any atom is 0.306 e. The van der Waals surface area contributed by atoms with Crippen molar-refractivity contribution in [3.8, 4) is 0 Å². The van der Waals surface area contributed by atoms with Gasteiger partial charge in [-0.2, -0.15) is 0 Å². The van der Waals surface area contributed by atoms with Gasteiger partial charge >= 0.3 is 5.97 Å². The smallest absolute Gasteiger partial charge is 0.306 e. The predicted molar refractivity (Wildman–Crippen MR) is 46.2 cm³/mol. The zero-order valence-electron chi connectivity index (χ0n) is 7.57. The fourth-order valence-corrected chi connectivity index (χ4v) is 1.95. The Morgan fingerprint density at radius 3 is 2.69 bits per heavy atom. The fourth-order valence-electron chi connectivity index (χ4n) is 1.95. The first kappa shape index (κ1) is 10.5. The summed E-state index contributed by atoms with van der Waals surface area (Å²) >= 11 is 0. The van der Waals surface area contributed by atoms with Crippen LogP contribution in [0, 0.1) is 5.92 Å². The number of carboxylic acid groups (broad SMARTS) is 1. The maximum atomic E-state index is 10.6. The third-order valence-electron chi connectivity index (χ3n) is 2.73. The number of carbonyl (C=O) groups is 1. The molecule has 4 nitrogen and oxygen atoms in total. The molecule has 0 aromatic rings. The summed E-state index contributed by atoms with van der Waals surface area (Å²) in [5.74, 6) is -1.22. The molecule has 0 aromatic carbocycles. The van der Waals surface area contributed by atoms with Crippen LogP contribution in [0.5, 0.6) is 0 Å². The van der Waals surface area contributed by atoms with Gasteiger partial charge < -0.3 is 15.3 Å². The Morgan fingerprint density at radius 1 is 1.54 bits per heavy atom. The van der Waals surface area contributed by atoms with E-state index >= 15 is 0 Å². The number of aliphatic hydroxyl groups excluding tert-OH is 1. The lowest BCUT2D eigenvalue weighted by Crippen LogP contribution is -2.26. The van der Waals surface area contributed by atoms with Gasteiger partial charge in [0.1, 0.15) is 0 Å². The highest BCUT2D eigenvalue weighted by molar-refractivity contribution is 5.70. The summed E-state index contributed by atoms with van der Waals surface area (Å²) in [7, 11) is 0. The van der Waals surface area contributed by atoms with Gasteiger partial charge in [0.15, 0.2) is 0 Å². The Bertz CT molecular complexity index is 192. The molecule has 1 saturated carbocycles. The van der Waals surface area contributed by atoms with Gasteiger partial charge in [0.05, 0.1) is 11.5 Å². The molecular formula is C9H16O4. The van der Waals surface area contributed by atoms with E-state index in [0.29, 0.717) is 32.1 Å². The quantitative estimate of drug-likeness (QED) is 0.595. The van der Waals surface area contributed by atoms with Crippen LogP contribution in [0.2, 0.25) is 0 Å². The largest absolute Gasteiger partial charge is 0.481 e. The van der Waals surface area contributed by atoms with E-state index < -0.39 is 17.5 Å². The molecule has 0 bridgehead atoms. The molecule has 76 valence electrons. The van der Waals surface area contributed by atoms with Crippen molar-refractivity contribution in [3.63, 3.8) is 0 Å². The molecule has 4 heteroatoms. The Kier molecular flexibility index (Phi) is 3.27. The average Bonchev–Trinajstić information content (AvgIpc) is 2.46. The minimum atomic E-state index is -0.841. The number of rotatable bonds is 4. The third-order valence-corrected chi connectivity index (χ3v) is 2.73. The maximum absolute atomic E-state index is 10.6. The molecule has 0 saturated heterocycles. The second-order valence-electron chi connectivity index (χ2n) is 3.83. The van der Waals surface area contributed by atoms with Crippen LogP contribution in [0.15, 0.2) is 0 Å². The molecule has 1 aliphatic rings. The summed E-state index contributed by atoms with van der Waals surface area (Å²) in [6.07, 6.45) is 2.49. The van der Waals surface area contributed by atoms with Gasteiger partial charge in [-0.15, -0.1) is 0 Å². The molecule has 0 heterocycles. The lowest BCUT2D eigenvalue weighted by molar-refractivity contribution is -0.142. The molecule has 0 aliphatic heterocycles. The van der Waals surface area contributed by atoms with E-state index in [0.717, 1.165) is 0 Å². The lowest BCUT2D eigenvalue weighted by Gasteiger charge is -2.21. The van der Waals surface area contributed by atoms with Crippen LogP contribution in [-0.2, 0) is 4.79 Å². The molecule has 0 aromatic heterocycles. The van der Waals surface area contributed by atoms with Gasteiger partial charge in [-0.3, -0.25) is 4.79 Å². The van der Waals surface area contributed by atoms with Crippen LogP contribution in [-0.4, -0.2) is 33.5 Å². The van der Waals surface area contributed by atoms with Crippen molar-refractivity contribution in [2.75, 3.05) is 6.61 Å². The fraction of sp³-hybridized carbons (Fsp3) is 0.889. The second-order valence-corrected chi connectivity index (χ2v) is 3.83.